The Kier molecular flexibility index (Phi) is 6.67. The SMILES string of the molecule is CCOC(=O)C1=C(CN(C)CCC(=O)OC)NC(=O)NC1. The summed E-state index contributed by atoms with van der Waals surface area (Å²) in [6.45, 7) is 2.90. The van der Waals surface area contributed by atoms with Crippen LogP contribution in [0.5, 0.6) is 0 Å². The van der Waals surface area contributed by atoms with Gasteiger partial charge in [-0.2, -0.15) is 0 Å². The number of carbonyl (C=O) groups excluding carboxylic acids is 3. The topological polar surface area (TPSA) is 97.0 Å². The van der Waals surface area contributed by atoms with Crippen molar-refractivity contribution in [1.82, 2.24) is 15.5 Å². The fourth-order valence-electron chi connectivity index (χ4n) is 1.81. The van der Waals surface area contributed by atoms with Crippen molar-refractivity contribution >= 4 is 18.0 Å². The molecule has 21 heavy (non-hydrogen) atoms. The van der Waals surface area contributed by atoms with Gasteiger partial charge in [0.2, 0.25) is 0 Å². The molecule has 1 heterocycles. The number of hydrogen-bond donors (Lipinski definition) is 2. The van der Waals surface area contributed by atoms with E-state index in [1.807, 2.05) is 4.90 Å². The molecule has 1 aliphatic rings. The molecule has 2 amide bonds. The first kappa shape index (κ1) is 17.0. The van der Waals surface area contributed by atoms with E-state index in [1.54, 1.807) is 14.0 Å². The number of nitrogens with zero attached hydrogens (tertiary/aromatic N) is 1. The Morgan fingerprint density at radius 2 is 2.10 bits per heavy atom. The number of hydrogen-bond acceptors (Lipinski definition) is 6. The summed E-state index contributed by atoms with van der Waals surface area (Å²) in [7, 11) is 3.11. The number of rotatable bonds is 7. The van der Waals surface area contributed by atoms with Crippen molar-refractivity contribution in [3.63, 3.8) is 0 Å². The van der Waals surface area contributed by atoms with Gasteiger partial charge in [-0.05, 0) is 14.0 Å². The molecule has 0 aliphatic carbocycles. The lowest BCUT2D eigenvalue weighted by atomic mass is 10.1. The van der Waals surface area contributed by atoms with Crippen LogP contribution < -0.4 is 10.6 Å². The van der Waals surface area contributed by atoms with Crippen molar-refractivity contribution < 1.29 is 23.9 Å². The van der Waals surface area contributed by atoms with Crippen LogP contribution in [-0.4, -0.2) is 63.3 Å². The van der Waals surface area contributed by atoms with Crippen LogP contribution in [0.1, 0.15) is 13.3 Å². The number of methoxy groups -OCH3 is 1. The molecule has 8 nitrogen and oxygen atoms in total. The monoisotopic (exact) mass is 299 g/mol. The molecule has 0 unspecified atom stereocenters. The molecule has 0 fully saturated rings. The fraction of sp³-hybridized carbons (Fsp3) is 0.615. The van der Waals surface area contributed by atoms with Gasteiger partial charge in [-0.3, -0.25) is 4.79 Å². The van der Waals surface area contributed by atoms with E-state index in [2.05, 4.69) is 15.4 Å². The first-order valence-electron chi connectivity index (χ1n) is 6.67. The summed E-state index contributed by atoms with van der Waals surface area (Å²) in [5.74, 6) is -0.767. The van der Waals surface area contributed by atoms with Gasteiger partial charge in [0.15, 0.2) is 0 Å². The third kappa shape index (κ3) is 5.42. The Hall–Kier alpha value is -2.09. The highest BCUT2D eigenvalue weighted by Crippen LogP contribution is 2.09. The molecule has 118 valence electrons. The molecule has 0 saturated carbocycles. The van der Waals surface area contributed by atoms with E-state index < -0.39 is 5.97 Å². The van der Waals surface area contributed by atoms with E-state index >= 15 is 0 Å². The Morgan fingerprint density at radius 1 is 1.38 bits per heavy atom. The van der Waals surface area contributed by atoms with Crippen molar-refractivity contribution in [2.24, 2.45) is 0 Å². The maximum atomic E-state index is 11.8. The molecule has 8 heteroatoms. The van der Waals surface area contributed by atoms with Crippen molar-refractivity contribution in [3.8, 4) is 0 Å². The summed E-state index contributed by atoms with van der Waals surface area (Å²) in [5.41, 5.74) is 0.880. The van der Waals surface area contributed by atoms with Crippen LogP contribution in [0.15, 0.2) is 11.3 Å². The molecule has 2 N–H and O–H groups in total. The van der Waals surface area contributed by atoms with E-state index in [0.717, 1.165) is 0 Å². The predicted octanol–water partition coefficient (Wildman–Crippen LogP) is -0.389. The molecule has 0 aromatic heterocycles. The maximum absolute atomic E-state index is 11.8. The van der Waals surface area contributed by atoms with Crippen LogP contribution in [0, 0.1) is 0 Å². The predicted molar refractivity (Wildman–Crippen MR) is 74.3 cm³/mol. The van der Waals surface area contributed by atoms with Gasteiger partial charge in [-0.25, -0.2) is 9.59 Å². The Bertz CT molecular complexity index is 447. The second-order valence-electron chi connectivity index (χ2n) is 4.55. The number of ether oxygens (including phenoxy) is 2. The van der Waals surface area contributed by atoms with Crippen LogP contribution in [0.2, 0.25) is 0 Å². The number of nitrogens with one attached hydrogen (secondary N) is 2. The van der Waals surface area contributed by atoms with E-state index in [1.165, 1.54) is 7.11 Å². The lowest BCUT2D eigenvalue weighted by Crippen LogP contribution is -2.46. The standard InChI is InChI=1S/C13H21N3O5/c1-4-21-12(18)9-7-14-13(19)15-10(9)8-16(2)6-5-11(17)20-3/h4-8H2,1-3H3,(H2,14,15,19). The second kappa shape index (κ2) is 8.25. The largest absolute Gasteiger partial charge is 0.469 e. The summed E-state index contributed by atoms with van der Waals surface area (Å²) >= 11 is 0. The number of carbonyl (C=O) groups is 3. The second-order valence-corrected chi connectivity index (χ2v) is 4.55. The number of urea groups is 1. The van der Waals surface area contributed by atoms with Gasteiger partial charge in [-0.1, -0.05) is 0 Å². The zero-order valence-electron chi connectivity index (χ0n) is 12.5. The van der Waals surface area contributed by atoms with Crippen molar-refractivity contribution in [2.75, 3.05) is 40.4 Å². The zero-order chi connectivity index (χ0) is 15.8. The minimum Gasteiger partial charge on any atom is -0.469 e. The molecule has 0 radical (unpaired) electrons. The number of amides is 2. The summed E-state index contributed by atoms with van der Waals surface area (Å²) in [6.07, 6.45) is 0.237. The van der Waals surface area contributed by atoms with Gasteiger partial charge < -0.3 is 25.0 Å². The third-order valence-electron chi connectivity index (χ3n) is 2.93. The first-order valence-corrected chi connectivity index (χ1v) is 6.67. The minimum absolute atomic E-state index is 0.130. The van der Waals surface area contributed by atoms with Crippen LogP contribution in [0.25, 0.3) is 0 Å². The third-order valence-corrected chi connectivity index (χ3v) is 2.93. The highest BCUT2D eigenvalue weighted by atomic mass is 16.5. The van der Waals surface area contributed by atoms with Gasteiger partial charge in [-0.15, -0.1) is 0 Å². The molecule has 1 rings (SSSR count). The lowest BCUT2D eigenvalue weighted by Gasteiger charge is -2.25. The van der Waals surface area contributed by atoms with Crippen LogP contribution in [-0.2, 0) is 19.1 Å². The van der Waals surface area contributed by atoms with Gasteiger partial charge in [0.05, 0.1) is 32.3 Å². The Balaban J connectivity index is 2.70. The molecule has 0 saturated heterocycles. The zero-order valence-corrected chi connectivity index (χ0v) is 12.5. The molecule has 0 aromatic carbocycles. The molecule has 0 aromatic rings. The molecule has 1 aliphatic heterocycles. The summed E-state index contributed by atoms with van der Waals surface area (Å²) in [4.78, 5) is 36.2. The van der Waals surface area contributed by atoms with E-state index in [4.69, 9.17) is 4.74 Å². The molecule has 0 atom stereocenters. The quantitative estimate of drug-likeness (QED) is 0.622. The summed E-state index contributed by atoms with van der Waals surface area (Å²) in [5, 5.41) is 5.14. The Labute approximate surface area is 123 Å². The average Bonchev–Trinajstić information content (AvgIpc) is 2.45. The Morgan fingerprint density at radius 3 is 2.71 bits per heavy atom. The minimum atomic E-state index is -0.457. The van der Waals surface area contributed by atoms with Crippen molar-refractivity contribution in [1.29, 1.82) is 0 Å². The molecular weight excluding hydrogens is 278 g/mol. The normalized spacial score (nSPS) is 14.6. The maximum Gasteiger partial charge on any atom is 0.337 e. The lowest BCUT2D eigenvalue weighted by molar-refractivity contribution is -0.141. The van der Waals surface area contributed by atoms with E-state index in [-0.39, 0.29) is 31.6 Å². The molecule has 0 spiro atoms. The van der Waals surface area contributed by atoms with E-state index in [0.29, 0.717) is 24.4 Å². The summed E-state index contributed by atoms with van der Waals surface area (Å²) in [6, 6.07) is -0.362. The smallest absolute Gasteiger partial charge is 0.337 e. The van der Waals surface area contributed by atoms with Crippen LogP contribution in [0.3, 0.4) is 0 Å². The van der Waals surface area contributed by atoms with E-state index in [9.17, 15) is 14.4 Å². The van der Waals surface area contributed by atoms with Gasteiger partial charge in [0, 0.05) is 18.8 Å². The van der Waals surface area contributed by atoms with Gasteiger partial charge in [0.25, 0.3) is 0 Å². The summed E-state index contributed by atoms with van der Waals surface area (Å²) < 4.78 is 9.53. The first-order chi connectivity index (χ1) is 9.97. The van der Waals surface area contributed by atoms with Crippen LogP contribution in [0.4, 0.5) is 4.79 Å². The van der Waals surface area contributed by atoms with Crippen molar-refractivity contribution in [3.05, 3.63) is 11.3 Å². The van der Waals surface area contributed by atoms with Crippen molar-refractivity contribution in [2.45, 2.75) is 13.3 Å². The average molecular weight is 299 g/mol. The van der Waals surface area contributed by atoms with Gasteiger partial charge >= 0.3 is 18.0 Å². The number of likely N-dealkylation sites (N-methyl/N-ethyl adjacent to an activating group) is 1. The van der Waals surface area contributed by atoms with Gasteiger partial charge in [0.1, 0.15) is 0 Å². The highest BCUT2D eigenvalue weighted by molar-refractivity contribution is 5.93. The number of esters is 2. The fourth-order valence-corrected chi connectivity index (χ4v) is 1.81. The highest BCUT2D eigenvalue weighted by Gasteiger charge is 2.24. The molecule has 0 bridgehead atoms. The van der Waals surface area contributed by atoms with Crippen LogP contribution >= 0.6 is 0 Å². The molecular formula is C13H21N3O5.